The molecule has 208 valence electrons. The number of allylic oxidation sites excluding steroid dienone is 1. The number of carbonyl (C=O) groups is 3. The number of amides is 3. The quantitative estimate of drug-likeness (QED) is 0.275. The van der Waals surface area contributed by atoms with Gasteiger partial charge in [0.15, 0.2) is 0 Å². The number of rotatable bonds is 11. The Bertz CT molecular complexity index is 1440. The first-order chi connectivity index (χ1) is 18.4. The van der Waals surface area contributed by atoms with Crippen LogP contribution >= 0.6 is 0 Å². The highest BCUT2D eigenvalue weighted by molar-refractivity contribution is 5.96. The van der Waals surface area contributed by atoms with E-state index in [-0.39, 0.29) is 36.8 Å². The van der Waals surface area contributed by atoms with Gasteiger partial charge in [-0.15, -0.1) is 0 Å². The van der Waals surface area contributed by atoms with Gasteiger partial charge in [0.25, 0.3) is 5.56 Å². The molecule has 3 rings (SSSR count). The van der Waals surface area contributed by atoms with Gasteiger partial charge in [-0.3, -0.25) is 14.4 Å². The summed E-state index contributed by atoms with van der Waals surface area (Å²) in [5.74, 6) is -0.919. The van der Waals surface area contributed by atoms with Crippen LogP contribution in [0.2, 0.25) is 0 Å². The van der Waals surface area contributed by atoms with E-state index in [9.17, 15) is 23.6 Å². The van der Waals surface area contributed by atoms with Crippen molar-refractivity contribution in [3.63, 3.8) is 0 Å². The molecule has 1 atom stereocenters. The van der Waals surface area contributed by atoms with E-state index >= 15 is 0 Å². The summed E-state index contributed by atoms with van der Waals surface area (Å²) in [6.07, 6.45) is 4.12. The van der Waals surface area contributed by atoms with Crippen LogP contribution in [0.5, 0.6) is 0 Å². The average molecular weight is 540 g/mol. The van der Waals surface area contributed by atoms with Crippen LogP contribution in [0.4, 0.5) is 14.9 Å². The van der Waals surface area contributed by atoms with Gasteiger partial charge in [0.1, 0.15) is 17.5 Å². The number of likely N-dealkylation sites (N-methyl/N-ethyl adjacent to an activating group) is 1. The van der Waals surface area contributed by atoms with Crippen molar-refractivity contribution in [3.8, 4) is 0 Å². The summed E-state index contributed by atoms with van der Waals surface area (Å²) in [6, 6.07) is 6.64. The summed E-state index contributed by atoms with van der Waals surface area (Å²) in [5.41, 5.74) is 1.87. The maximum Gasteiger partial charge on any atom is 0.405 e. The van der Waals surface area contributed by atoms with Crippen molar-refractivity contribution in [1.29, 1.82) is 0 Å². The topological polar surface area (TPSA) is 137 Å². The second-order valence-electron chi connectivity index (χ2n) is 9.98. The lowest BCUT2D eigenvalue weighted by molar-refractivity contribution is -0.123. The Morgan fingerprint density at radius 3 is 2.62 bits per heavy atom. The Hall–Kier alpha value is -4.41. The van der Waals surface area contributed by atoms with E-state index in [2.05, 4.69) is 29.5 Å². The Balaban J connectivity index is 1.77. The number of benzene rings is 1. The molecule has 11 heteroatoms. The summed E-state index contributed by atoms with van der Waals surface area (Å²) in [5, 5.41) is 14.5. The van der Waals surface area contributed by atoms with Crippen LogP contribution in [0.15, 0.2) is 53.5 Å². The maximum atomic E-state index is 14.2. The van der Waals surface area contributed by atoms with E-state index in [4.69, 9.17) is 5.11 Å². The van der Waals surface area contributed by atoms with E-state index in [1.807, 2.05) is 0 Å². The molecule has 3 amide bonds. The fourth-order valence-electron chi connectivity index (χ4n) is 4.20. The van der Waals surface area contributed by atoms with Crippen LogP contribution in [-0.2, 0) is 22.6 Å². The first-order valence-corrected chi connectivity index (χ1v) is 12.6. The Labute approximate surface area is 225 Å². The van der Waals surface area contributed by atoms with Crippen molar-refractivity contribution in [1.82, 2.24) is 19.8 Å². The standard InChI is InChI=1S/C28H34FN5O5/c1-17(2)12-18-13-20(29)14-19-15-21(30-25(18)19)16-34-11-7-9-23(27(34)37)31-26(36)22(32-28(38)39)8-5-6-10-24(35)33(3)4/h6-7,9-11,13-15,17,22,30,32H,5,8,12,16H2,1-4H3,(H,31,36)(H,38,39). The fourth-order valence-corrected chi connectivity index (χ4v) is 4.20. The molecule has 3 aromatic rings. The van der Waals surface area contributed by atoms with Crippen molar-refractivity contribution in [2.75, 3.05) is 19.4 Å². The summed E-state index contributed by atoms with van der Waals surface area (Å²) < 4.78 is 15.6. The number of aromatic amines is 1. The van der Waals surface area contributed by atoms with Gasteiger partial charge in [0, 0.05) is 36.9 Å². The number of aromatic nitrogens is 2. The van der Waals surface area contributed by atoms with Crippen molar-refractivity contribution in [3.05, 3.63) is 76.1 Å². The zero-order valence-electron chi connectivity index (χ0n) is 22.5. The zero-order chi connectivity index (χ0) is 28.7. The Morgan fingerprint density at radius 1 is 1.21 bits per heavy atom. The number of nitrogens with one attached hydrogen (secondary N) is 3. The van der Waals surface area contributed by atoms with Crippen molar-refractivity contribution >= 4 is 34.5 Å². The molecule has 4 N–H and O–H groups in total. The van der Waals surface area contributed by atoms with Gasteiger partial charge in [0.05, 0.1) is 6.54 Å². The minimum absolute atomic E-state index is 0.0133. The highest BCUT2D eigenvalue weighted by atomic mass is 19.1. The third kappa shape index (κ3) is 8.03. The SMILES string of the molecule is CC(C)Cc1cc(F)cc2cc(Cn3cccc(NC(=O)C(CCC=CC(=O)N(C)C)NC(=O)O)c3=O)[nH]c12. The number of H-pyrrole nitrogens is 1. The first-order valence-electron chi connectivity index (χ1n) is 12.6. The molecule has 0 saturated carbocycles. The summed E-state index contributed by atoms with van der Waals surface area (Å²) in [6.45, 7) is 4.26. The Kier molecular flexibility index (Phi) is 9.64. The smallest absolute Gasteiger partial charge is 0.405 e. The molecule has 0 bridgehead atoms. The number of pyridine rings is 1. The molecular formula is C28H34FN5O5. The normalized spacial score (nSPS) is 12.2. The molecule has 0 saturated heterocycles. The highest BCUT2D eigenvalue weighted by Crippen LogP contribution is 2.24. The van der Waals surface area contributed by atoms with Crippen LogP contribution in [0, 0.1) is 11.7 Å². The number of fused-ring (bicyclic) bond motifs is 1. The minimum Gasteiger partial charge on any atom is -0.465 e. The average Bonchev–Trinajstić information content (AvgIpc) is 3.25. The molecule has 0 radical (unpaired) electrons. The van der Waals surface area contributed by atoms with Gasteiger partial charge >= 0.3 is 6.09 Å². The molecule has 1 aromatic carbocycles. The number of carboxylic acid groups (broad SMARTS) is 1. The number of hydrogen-bond acceptors (Lipinski definition) is 4. The van der Waals surface area contributed by atoms with Gasteiger partial charge in [-0.25, -0.2) is 9.18 Å². The van der Waals surface area contributed by atoms with E-state index in [1.54, 1.807) is 38.5 Å². The summed E-state index contributed by atoms with van der Waals surface area (Å²) in [7, 11) is 3.20. The van der Waals surface area contributed by atoms with Crippen molar-refractivity contribution in [2.45, 2.75) is 45.7 Å². The van der Waals surface area contributed by atoms with E-state index < -0.39 is 23.6 Å². The summed E-state index contributed by atoms with van der Waals surface area (Å²) in [4.78, 5) is 53.5. The second-order valence-corrected chi connectivity index (χ2v) is 9.98. The molecule has 10 nitrogen and oxygen atoms in total. The van der Waals surface area contributed by atoms with Gasteiger partial charge in [0.2, 0.25) is 11.8 Å². The highest BCUT2D eigenvalue weighted by Gasteiger charge is 2.21. The number of halogens is 1. The molecule has 0 aliphatic heterocycles. The molecule has 0 spiro atoms. The van der Waals surface area contributed by atoms with E-state index in [1.165, 1.54) is 33.7 Å². The number of hydrogen-bond donors (Lipinski definition) is 4. The van der Waals surface area contributed by atoms with Gasteiger partial charge in [-0.05, 0) is 67.2 Å². The lowest BCUT2D eigenvalue weighted by Gasteiger charge is -2.16. The molecule has 0 aliphatic rings. The fraction of sp³-hybridized carbons (Fsp3) is 0.357. The molecule has 0 fully saturated rings. The lowest BCUT2D eigenvalue weighted by atomic mass is 10.0. The van der Waals surface area contributed by atoms with Crippen LogP contribution < -0.4 is 16.2 Å². The molecule has 0 aliphatic carbocycles. The van der Waals surface area contributed by atoms with Crippen LogP contribution in [0.3, 0.4) is 0 Å². The summed E-state index contributed by atoms with van der Waals surface area (Å²) >= 11 is 0. The molecule has 39 heavy (non-hydrogen) atoms. The van der Waals surface area contributed by atoms with E-state index in [0.29, 0.717) is 23.4 Å². The van der Waals surface area contributed by atoms with Gasteiger partial charge < -0.3 is 30.2 Å². The van der Waals surface area contributed by atoms with Crippen LogP contribution in [0.1, 0.15) is 37.9 Å². The molecular weight excluding hydrogens is 505 g/mol. The predicted molar refractivity (Wildman–Crippen MR) is 147 cm³/mol. The molecule has 2 aromatic heterocycles. The van der Waals surface area contributed by atoms with Crippen LogP contribution in [0.25, 0.3) is 10.9 Å². The number of carbonyl (C=O) groups excluding carboxylic acids is 2. The van der Waals surface area contributed by atoms with Gasteiger partial charge in [-0.2, -0.15) is 0 Å². The molecule has 1 unspecified atom stereocenters. The third-order valence-electron chi connectivity index (χ3n) is 6.01. The number of nitrogens with zero attached hydrogens (tertiary/aromatic N) is 2. The van der Waals surface area contributed by atoms with Crippen molar-refractivity contribution < 1.29 is 23.9 Å². The molecule has 2 heterocycles. The zero-order valence-corrected chi connectivity index (χ0v) is 22.5. The maximum absolute atomic E-state index is 14.2. The third-order valence-corrected chi connectivity index (χ3v) is 6.01. The lowest BCUT2D eigenvalue weighted by Crippen LogP contribution is -2.44. The first kappa shape index (κ1) is 29.2. The minimum atomic E-state index is -1.39. The van der Waals surface area contributed by atoms with Crippen LogP contribution in [-0.4, -0.2) is 57.6 Å². The van der Waals surface area contributed by atoms with Gasteiger partial charge in [-0.1, -0.05) is 19.9 Å². The Morgan fingerprint density at radius 2 is 1.95 bits per heavy atom. The largest absolute Gasteiger partial charge is 0.465 e. The van der Waals surface area contributed by atoms with Crippen molar-refractivity contribution in [2.24, 2.45) is 5.92 Å². The number of anilines is 1. The van der Waals surface area contributed by atoms with E-state index in [0.717, 1.165) is 11.1 Å². The predicted octanol–water partition coefficient (Wildman–Crippen LogP) is 3.71. The monoisotopic (exact) mass is 539 g/mol. The second kappa shape index (κ2) is 12.9.